The van der Waals surface area contributed by atoms with Crippen LogP contribution in [-0.4, -0.2) is 21.6 Å². The number of hydrogen-bond acceptors (Lipinski definition) is 3. The van der Waals surface area contributed by atoms with Crippen molar-refractivity contribution in [1.29, 1.82) is 5.26 Å². The Balaban J connectivity index is 1.97. The number of rotatable bonds is 6. The molecule has 0 saturated carbocycles. The first-order chi connectivity index (χ1) is 13.4. The van der Waals surface area contributed by atoms with E-state index >= 15 is 0 Å². The molecule has 0 spiro atoms. The van der Waals surface area contributed by atoms with Gasteiger partial charge >= 0.3 is 5.97 Å². The van der Waals surface area contributed by atoms with Crippen LogP contribution in [0.3, 0.4) is 0 Å². The van der Waals surface area contributed by atoms with Crippen molar-refractivity contribution in [3.05, 3.63) is 65.4 Å². The summed E-state index contributed by atoms with van der Waals surface area (Å²) in [5.41, 5.74) is 2.39. The summed E-state index contributed by atoms with van der Waals surface area (Å²) < 4.78 is 2.00. The second-order valence-corrected chi connectivity index (χ2v) is 7.10. The highest BCUT2D eigenvalue weighted by Gasteiger charge is 2.16. The van der Waals surface area contributed by atoms with Gasteiger partial charge in [-0.3, -0.25) is 4.79 Å². The predicted octanol–water partition coefficient (Wildman–Crippen LogP) is 4.51. The molecule has 142 valence electrons. The molecule has 2 N–H and O–H groups in total. The lowest BCUT2D eigenvalue weighted by Gasteiger charge is -2.07. The Kier molecular flexibility index (Phi) is 5.46. The minimum atomic E-state index is -1.05. The fraction of sp³-hybridized carbons (Fsp3) is 0.227. The summed E-state index contributed by atoms with van der Waals surface area (Å²) >= 11 is 0. The number of carboxylic acids is 1. The Hall–Kier alpha value is -3.59. The Morgan fingerprint density at radius 3 is 2.68 bits per heavy atom. The average Bonchev–Trinajstić information content (AvgIpc) is 3.04. The average molecular weight is 375 g/mol. The van der Waals surface area contributed by atoms with Crippen LogP contribution in [0.5, 0.6) is 0 Å². The molecule has 1 heterocycles. The molecule has 3 aromatic rings. The summed E-state index contributed by atoms with van der Waals surface area (Å²) in [7, 11) is 0. The molecule has 1 aromatic heterocycles. The molecule has 0 aliphatic carbocycles. The number of aromatic nitrogens is 1. The molecule has 1 amide bonds. The number of benzene rings is 2. The minimum absolute atomic E-state index is 0.107. The highest BCUT2D eigenvalue weighted by molar-refractivity contribution is 6.13. The second-order valence-electron chi connectivity index (χ2n) is 7.10. The Bertz CT molecular complexity index is 1090. The number of carbonyl (C=O) groups excluding carboxylic acids is 1. The van der Waals surface area contributed by atoms with E-state index in [0.29, 0.717) is 22.7 Å². The van der Waals surface area contributed by atoms with Crippen molar-refractivity contribution in [2.24, 2.45) is 5.92 Å². The fourth-order valence-corrected chi connectivity index (χ4v) is 3.05. The van der Waals surface area contributed by atoms with Gasteiger partial charge in [0.1, 0.15) is 0 Å². The van der Waals surface area contributed by atoms with Crippen LogP contribution < -0.4 is 5.32 Å². The van der Waals surface area contributed by atoms with E-state index in [9.17, 15) is 14.9 Å². The molecule has 0 saturated heterocycles. The number of carboxylic acid groups (broad SMARTS) is 1. The van der Waals surface area contributed by atoms with E-state index < -0.39 is 5.97 Å². The van der Waals surface area contributed by atoms with Gasteiger partial charge in [0.15, 0.2) is 0 Å². The van der Waals surface area contributed by atoms with E-state index in [1.165, 1.54) is 12.1 Å². The van der Waals surface area contributed by atoms with Crippen LogP contribution in [0.1, 0.15) is 46.5 Å². The van der Waals surface area contributed by atoms with Gasteiger partial charge in [-0.05, 0) is 42.7 Å². The number of amides is 1. The molecule has 0 aliphatic rings. The zero-order chi connectivity index (χ0) is 20.3. The normalized spacial score (nSPS) is 10.8. The lowest BCUT2D eigenvalue weighted by molar-refractivity contribution is 0.0696. The first kappa shape index (κ1) is 19.2. The van der Waals surface area contributed by atoms with E-state index in [2.05, 4.69) is 25.2 Å². The molecule has 2 aromatic carbocycles. The van der Waals surface area contributed by atoms with Gasteiger partial charge in [0.05, 0.1) is 28.3 Å². The van der Waals surface area contributed by atoms with Crippen LogP contribution in [0.25, 0.3) is 10.9 Å². The van der Waals surface area contributed by atoms with Gasteiger partial charge in [-0.1, -0.05) is 26.0 Å². The zero-order valence-corrected chi connectivity index (χ0v) is 15.8. The smallest absolute Gasteiger partial charge is 0.335 e. The third kappa shape index (κ3) is 4.04. The van der Waals surface area contributed by atoms with Gasteiger partial charge in [-0.15, -0.1) is 0 Å². The molecular formula is C22H21N3O3. The van der Waals surface area contributed by atoms with Crippen LogP contribution in [0, 0.1) is 17.2 Å². The third-order valence-corrected chi connectivity index (χ3v) is 4.57. The van der Waals surface area contributed by atoms with Crippen LogP contribution in [0.15, 0.2) is 48.7 Å². The van der Waals surface area contributed by atoms with Crippen LogP contribution in [-0.2, 0) is 6.54 Å². The molecule has 6 heteroatoms. The van der Waals surface area contributed by atoms with Crippen molar-refractivity contribution in [3.8, 4) is 6.07 Å². The number of aromatic carboxylic acids is 1. The maximum Gasteiger partial charge on any atom is 0.335 e. The molecule has 0 atom stereocenters. The first-order valence-electron chi connectivity index (χ1n) is 9.06. The zero-order valence-electron chi connectivity index (χ0n) is 15.8. The lowest BCUT2D eigenvalue weighted by Crippen LogP contribution is -2.12. The number of hydrogen-bond donors (Lipinski definition) is 2. The van der Waals surface area contributed by atoms with E-state index in [4.69, 9.17) is 5.11 Å². The topological polar surface area (TPSA) is 95.1 Å². The van der Waals surface area contributed by atoms with Crippen LogP contribution in [0.4, 0.5) is 5.69 Å². The number of aryl methyl sites for hydroxylation is 1. The summed E-state index contributed by atoms with van der Waals surface area (Å²) in [6, 6.07) is 13.5. The lowest BCUT2D eigenvalue weighted by atomic mass is 10.1. The number of nitrogens with zero attached hydrogens (tertiary/aromatic N) is 2. The summed E-state index contributed by atoms with van der Waals surface area (Å²) in [4.78, 5) is 24.0. The van der Waals surface area contributed by atoms with Gasteiger partial charge in [0, 0.05) is 23.8 Å². The molecule has 0 fully saturated rings. The maximum absolute atomic E-state index is 12.9. The van der Waals surface area contributed by atoms with E-state index in [0.717, 1.165) is 23.9 Å². The highest BCUT2D eigenvalue weighted by Crippen LogP contribution is 2.25. The summed E-state index contributed by atoms with van der Waals surface area (Å²) in [5, 5.41) is 21.8. The maximum atomic E-state index is 12.9. The summed E-state index contributed by atoms with van der Waals surface area (Å²) in [6.07, 6.45) is 2.74. The fourth-order valence-electron chi connectivity index (χ4n) is 3.05. The summed E-state index contributed by atoms with van der Waals surface area (Å²) in [5.74, 6) is -0.862. The minimum Gasteiger partial charge on any atom is -0.478 e. The van der Waals surface area contributed by atoms with Gasteiger partial charge in [0.2, 0.25) is 0 Å². The van der Waals surface area contributed by atoms with Gasteiger partial charge in [0.25, 0.3) is 5.91 Å². The van der Waals surface area contributed by atoms with Gasteiger partial charge in [-0.25, -0.2) is 4.79 Å². The first-order valence-corrected chi connectivity index (χ1v) is 9.06. The molecule has 0 bridgehead atoms. The van der Waals surface area contributed by atoms with Crippen molar-refractivity contribution in [2.45, 2.75) is 26.8 Å². The van der Waals surface area contributed by atoms with Crippen molar-refractivity contribution in [3.63, 3.8) is 0 Å². The monoisotopic (exact) mass is 375 g/mol. The van der Waals surface area contributed by atoms with Crippen LogP contribution in [0.2, 0.25) is 0 Å². The number of nitriles is 1. The largest absolute Gasteiger partial charge is 0.478 e. The van der Waals surface area contributed by atoms with Crippen LogP contribution >= 0.6 is 0 Å². The Morgan fingerprint density at radius 2 is 2.00 bits per heavy atom. The number of anilines is 1. The molecule has 0 aliphatic heterocycles. The molecule has 0 radical (unpaired) electrons. The SMILES string of the molecule is CC(C)CCn1cc(C(=O)Nc2cccc(C(=O)O)c2)c2ccc(C#N)cc21. The molecule has 28 heavy (non-hydrogen) atoms. The number of carbonyl (C=O) groups is 2. The third-order valence-electron chi connectivity index (χ3n) is 4.57. The standard InChI is InChI=1S/C22H21N3O3/c1-14(2)8-9-25-13-19(18-7-6-15(12-23)10-20(18)25)21(26)24-17-5-3-4-16(11-17)22(27)28/h3-7,10-11,13-14H,8-9H2,1-2H3,(H,24,26)(H,27,28). The number of nitrogens with one attached hydrogen (secondary N) is 1. The summed E-state index contributed by atoms with van der Waals surface area (Å²) in [6.45, 7) is 5.01. The van der Waals surface area contributed by atoms with E-state index in [1.807, 2.05) is 4.57 Å². The van der Waals surface area contributed by atoms with Gasteiger partial charge in [-0.2, -0.15) is 5.26 Å². The van der Waals surface area contributed by atoms with E-state index in [-0.39, 0.29) is 11.5 Å². The van der Waals surface area contributed by atoms with Gasteiger partial charge < -0.3 is 15.0 Å². The predicted molar refractivity (Wildman–Crippen MR) is 107 cm³/mol. The second kappa shape index (κ2) is 7.97. The van der Waals surface area contributed by atoms with Crippen molar-refractivity contribution in [2.75, 3.05) is 5.32 Å². The quantitative estimate of drug-likeness (QED) is 0.663. The highest BCUT2D eigenvalue weighted by atomic mass is 16.4. The molecular weight excluding hydrogens is 354 g/mol. The van der Waals surface area contributed by atoms with Crippen molar-refractivity contribution >= 4 is 28.5 Å². The molecule has 3 rings (SSSR count). The molecule has 0 unspecified atom stereocenters. The Morgan fingerprint density at radius 1 is 1.21 bits per heavy atom. The van der Waals surface area contributed by atoms with Crippen molar-refractivity contribution in [1.82, 2.24) is 4.57 Å². The van der Waals surface area contributed by atoms with Crippen molar-refractivity contribution < 1.29 is 14.7 Å². The molecule has 6 nitrogen and oxygen atoms in total. The Labute approximate surface area is 163 Å². The number of fused-ring (bicyclic) bond motifs is 1. The van der Waals surface area contributed by atoms with E-state index in [1.54, 1.807) is 36.5 Å².